The summed E-state index contributed by atoms with van der Waals surface area (Å²) in [7, 11) is -4.62. The van der Waals surface area contributed by atoms with Crippen molar-refractivity contribution in [1.29, 1.82) is 0 Å². The summed E-state index contributed by atoms with van der Waals surface area (Å²) in [5.74, 6) is 0. The lowest BCUT2D eigenvalue weighted by atomic mass is 9.95. The van der Waals surface area contributed by atoms with Crippen molar-refractivity contribution in [2.45, 2.75) is 6.92 Å². The van der Waals surface area contributed by atoms with Gasteiger partial charge in [0.25, 0.3) is 0 Å². The molecule has 2 aromatic rings. The van der Waals surface area contributed by atoms with Crippen LogP contribution in [0.1, 0.15) is 11.1 Å². The molecular weight excluding hydrogens is 276 g/mol. The molecule has 0 heterocycles. The first-order chi connectivity index (χ1) is 9.45. The average Bonchev–Trinajstić information content (AvgIpc) is 2.39. The van der Waals surface area contributed by atoms with Crippen LogP contribution in [0.25, 0.3) is 16.7 Å². The molecule has 0 saturated carbocycles. The van der Waals surface area contributed by atoms with Gasteiger partial charge in [0.1, 0.15) is 0 Å². The summed E-state index contributed by atoms with van der Waals surface area (Å²) in [6.45, 7) is 1.81. The topological polar surface area (TPSA) is 90.8 Å². The van der Waals surface area contributed by atoms with E-state index in [1.54, 1.807) is 6.07 Å². The van der Waals surface area contributed by atoms with Crippen molar-refractivity contribution in [3.05, 3.63) is 65.2 Å². The van der Waals surface area contributed by atoms with E-state index in [-0.39, 0.29) is 5.56 Å². The van der Waals surface area contributed by atoms with Crippen molar-refractivity contribution in [1.82, 2.24) is 0 Å². The van der Waals surface area contributed by atoms with Crippen LogP contribution in [0.5, 0.6) is 0 Å². The fraction of sp³-hybridized carbons (Fsp3) is 0.0714. The molecule has 0 amide bonds. The molecule has 2 rings (SSSR count). The van der Waals surface area contributed by atoms with Gasteiger partial charge in [-0.3, -0.25) is 4.55 Å². The molecule has 0 aromatic heterocycles. The molecule has 0 fully saturated rings. The van der Waals surface area contributed by atoms with Crippen LogP contribution in [0.15, 0.2) is 48.5 Å². The number of benzene rings is 2. The molecule has 0 radical (unpaired) electrons. The quantitative estimate of drug-likeness (QED) is 0.302. The van der Waals surface area contributed by atoms with Gasteiger partial charge in [0.2, 0.25) is 0 Å². The van der Waals surface area contributed by atoms with Crippen LogP contribution >= 0.6 is 0 Å². The van der Waals surface area contributed by atoms with E-state index < -0.39 is 15.2 Å². The van der Waals surface area contributed by atoms with Gasteiger partial charge in [0, 0.05) is 5.56 Å². The Labute approximate surface area is 116 Å². The van der Waals surface area contributed by atoms with E-state index in [2.05, 4.69) is 4.79 Å². The van der Waals surface area contributed by atoms with E-state index in [1.165, 1.54) is 6.07 Å². The molecule has 0 saturated heterocycles. The predicted octanol–water partition coefficient (Wildman–Crippen LogP) is 2.53. The summed E-state index contributed by atoms with van der Waals surface area (Å²) in [6, 6.07) is 14.0. The molecule has 0 aliphatic heterocycles. The number of hydrogen-bond donors (Lipinski definition) is 1. The lowest BCUT2D eigenvalue weighted by Crippen LogP contribution is -2.17. The van der Waals surface area contributed by atoms with Gasteiger partial charge in [0.05, 0.1) is 5.56 Å². The minimum absolute atomic E-state index is 0.154. The van der Waals surface area contributed by atoms with Gasteiger partial charge in [-0.05, 0) is 24.1 Å². The lowest BCUT2D eigenvalue weighted by molar-refractivity contribution is -0.0000420. The fourth-order valence-corrected chi connectivity index (χ4v) is 2.63. The van der Waals surface area contributed by atoms with Gasteiger partial charge < -0.3 is 5.53 Å². The molecular formula is C14H12N2O3S. The van der Waals surface area contributed by atoms with E-state index in [0.717, 1.165) is 11.1 Å². The van der Waals surface area contributed by atoms with Crippen LogP contribution in [-0.4, -0.2) is 22.8 Å². The fourth-order valence-electron chi connectivity index (χ4n) is 2.08. The number of nitrogens with zero attached hydrogens (tertiary/aromatic N) is 2. The summed E-state index contributed by atoms with van der Waals surface area (Å²) in [5.41, 5.74) is 11.2. The highest BCUT2D eigenvalue weighted by Crippen LogP contribution is 2.28. The molecule has 2 aromatic carbocycles. The summed E-state index contributed by atoms with van der Waals surface area (Å²) >= 11 is 0. The van der Waals surface area contributed by atoms with Gasteiger partial charge in [-0.25, -0.2) is 0 Å². The SMILES string of the molecule is Cc1cccc(C(=[N+]=[N-])S(=O)(=O)O)c1-c1ccccc1. The Hall–Kier alpha value is -2.27. The van der Waals surface area contributed by atoms with Crippen LogP contribution in [0.4, 0.5) is 0 Å². The smallest absolute Gasteiger partial charge is 0.360 e. The van der Waals surface area contributed by atoms with Crippen molar-refractivity contribution in [2.24, 2.45) is 0 Å². The Morgan fingerprint density at radius 3 is 2.30 bits per heavy atom. The summed E-state index contributed by atoms with van der Waals surface area (Å²) < 4.78 is 31.8. The Kier molecular flexibility index (Phi) is 3.81. The third-order valence-electron chi connectivity index (χ3n) is 2.90. The van der Waals surface area contributed by atoms with Gasteiger partial charge in [-0.1, -0.05) is 42.5 Å². The van der Waals surface area contributed by atoms with E-state index >= 15 is 0 Å². The Morgan fingerprint density at radius 2 is 1.75 bits per heavy atom. The molecule has 0 aliphatic rings. The standard InChI is InChI=1S/C14H12N2O3S/c1-10-6-5-9-12(14(16-15)20(17,18)19)13(10)11-7-3-2-4-8-11/h2-9H,1H3,(H,17,18,19). The molecule has 102 valence electrons. The van der Waals surface area contributed by atoms with Crippen LogP contribution in [0.2, 0.25) is 0 Å². The predicted molar refractivity (Wildman–Crippen MR) is 75.9 cm³/mol. The molecule has 20 heavy (non-hydrogen) atoms. The van der Waals surface area contributed by atoms with Crippen molar-refractivity contribution in [3.8, 4) is 11.1 Å². The highest BCUT2D eigenvalue weighted by atomic mass is 32.2. The normalized spacial score (nSPS) is 10.9. The Morgan fingerprint density at radius 1 is 1.10 bits per heavy atom. The zero-order valence-electron chi connectivity index (χ0n) is 10.7. The van der Waals surface area contributed by atoms with E-state index in [0.29, 0.717) is 5.56 Å². The maximum absolute atomic E-state index is 11.3. The van der Waals surface area contributed by atoms with E-state index in [9.17, 15) is 13.0 Å². The molecule has 5 nitrogen and oxygen atoms in total. The van der Waals surface area contributed by atoms with Crippen molar-refractivity contribution in [2.75, 3.05) is 0 Å². The third-order valence-corrected chi connectivity index (χ3v) is 3.69. The molecule has 0 unspecified atom stereocenters. The first-order valence-electron chi connectivity index (χ1n) is 5.80. The molecule has 0 atom stereocenters. The molecule has 6 heteroatoms. The summed E-state index contributed by atoms with van der Waals surface area (Å²) in [6.07, 6.45) is 0. The summed E-state index contributed by atoms with van der Waals surface area (Å²) in [4.78, 5) is 2.74. The second-order valence-corrected chi connectivity index (χ2v) is 5.58. The highest BCUT2D eigenvalue weighted by molar-refractivity contribution is 8.01. The number of hydrogen-bond acceptors (Lipinski definition) is 2. The van der Waals surface area contributed by atoms with Crippen LogP contribution < -0.4 is 0 Å². The summed E-state index contributed by atoms with van der Waals surface area (Å²) in [5, 5.41) is -0.764. The minimum Gasteiger partial charge on any atom is -0.360 e. The number of aryl methyl sites for hydroxylation is 1. The van der Waals surface area contributed by atoms with Gasteiger partial charge in [-0.15, -0.1) is 0 Å². The lowest BCUT2D eigenvalue weighted by Gasteiger charge is -2.09. The van der Waals surface area contributed by atoms with E-state index in [1.807, 2.05) is 43.3 Å². The van der Waals surface area contributed by atoms with Crippen molar-refractivity contribution >= 4 is 15.2 Å². The molecule has 0 aliphatic carbocycles. The van der Waals surface area contributed by atoms with Crippen LogP contribution in [0, 0.1) is 6.92 Å². The van der Waals surface area contributed by atoms with Gasteiger partial charge in [0.15, 0.2) is 0 Å². The molecule has 0 spiro atoms. The van der Waals surface area contributed by atoms with Crippen molar-refractivity contribution in [3.63, 3.8) is 0 Å². The second-order valence-electron chi connectivity index (χ2n) is 4.24. The van der Waals surface area contributed by atoms with Gasteiger partial charge in [-0.2, -0.15) is 13.2 Å². The average molecular weight is 288 g/mol. The first kappa shape index (κ1) is 14.1. The largest absolute Gasteiger partial charge is 0.438 e. The van der Waals surface area contributed by atoms with Crippen molar-refractivity contribution < 1.29 is 17.8 Å². The zero-order valence-corrected chi connectivity index (χ0v) is 11.5. The Balaban J connectivity index is 2.81. The Bertz CT molecular complexity index is 792. The molecule has 1 N–H and O–H groups in total. The molecule has 0 bridgehead atoms. The van der Waals surface area contributed by atoms with Crippen LogP contribution in [0.3, 0.4) is 0 Å². The van der Waals surface area contributed by atoms with Crippen LogP contribution in [-0.2, 0) is 10.1 Å². The van der Waals surface area contributed by atoms with Gasteiger partial charge >= 0.3 is 15.2 Å². The number of rotatable bonds is 2. The monoisotopic (exact) mass is 288 g/mol. The van der Waals surface area contributed by atoms with E-state index in [4.69, 9.17) is 5.53 Å². The highest BCUT2D eigenvalue weighted by Gasteiger charge is 2.31. The maximum Gasteiger partial charge on any atom is 0.438 e. The first-order valence-corrected chi connectivity index (χ1v) is 7.24. The second kappa shape index (κ2) is 5.38. The maximum atomic E-state index is 11.3. The minimum atomic E-state index is -4.62. The zero-order chi connectivity index (χ0) is 14.8. The third kappa shape index (κ3) is 2.67.